The SMILES string of the molecule is Cc1ccc(S(=O)(=O)Oc2cccc(F)c2Br)cc1. The summed E-state index contributed by atoms with van der Waals surface area (Å²) in [6.45, 7) is 1.85. The average Bonchev–Trinajstić information content (AvgIpc) is 2.35. The van der Waals surface area contributed by atoms with Gasteiger partial charge in [-0.2, -0.15) is 8.42 Å². The Kier molecular flexibility index (Phi) is 3.91. The predicted octanol–water partition coefficient (Wildman–Crippen LogP) is 3.66. The topological polar surface area (TPSA) is 43.4 Å². The number of rotatable bonds is 3. The Labute approximate surface area is 119 Å². The maximum absolute atomic E-state index is 13.3. The van der Waals surface area contributed by atoms with Crippen molar-refractivity contribution in [2.75, 3.05) is 0 Å². The predicted molar refractivity (Wildman–Crippen MR) is 73.1 cm³/mol. The van der Waals surface area contributed by atoms with Crippen LogP contribution in [0.2, 0.25) is 0 Å². The van der Waals surface area contributed by atoms with Gasteiger partial charge in [0.05, 0.1) is 4.47 Å². The quantitative estimate of drug-likeness (QED) is 0.798. The van der Waals surface area contributed by atoms with Gasteiger partial charge in [0, 0.05) is 0 Å². The Morgan fingerprint density at radius 3 is 2.37 bits per heavy atom. The van der Waals surface area contributed by atoms with E-state index in [1.165, 1.54) is 30.3 Å². The van der Waals surface area contributed by atoms with Crippen LogP contribution in [0.3, 0.4) is 0 Å². The minimum absolute atomic E-state index is 0.0225. The van der Waals surface area contributed by atoms with E-state index in [-0.39, 0.29) is 15.1 Å². The van der Waals surface area contributed by atoms with E-state index in [1.807, 2.05) is 6.92 Å². The lowest BCUT2D eigenvalue weighted by atomic mass is 10.2. The van der Waals surface area contributed by atoms with Gasteiger partial charge in [-0.05, 0) is 47.1 Å². The van der Waals surface area contributed by atoms with Crippen molar-refractivity contribution in [3.8, 4) is 5.75 Å². The van der Waals surface area contributed by atoms with Crippen LogP contribution in [-0.2, 0) is 10.1 Å². The van der Waals surface area contributed by atoms with Crippen molar-refractivity contribution in [2.45, 2.75) is 11.8 Å². The summed E-state index contributed by atoms with van der Waals surface area (Å²) in [6, 6.07) is 10.2. The first kappa shape index (κ1) is 14.0. The lowest BCUT2D eigenvalue weighted by Gasteiger charge is -2.09. The highest BCUT2D eigenvalue weighted by molar-refractivity contribution is 9.10. The molecule has 0 aromatic heterocycles. The van der Waals surface area contributed by atoms with E-state index in [1.54, 1.807) is 12.1 Å². The fourth-order valence-electron chi connectivity index (χ4n) is 1.42. The summed E-state index contributed by atoms with van der Waals surface area (Å²) < 4.78 is 42.2. The van der Waals surface area contributed by atoms with Crippen LogP contribution in [-0.4, -0.2) is 8.42 Å². The van der Waals surface area contributed by atoms with Crippen molar-refractivity contribution in [2.24, 2.45) is 0 Å². The molecule has 3 nitrogen and oxygen atoms in total. The second-order valence-electron chi connectivity index (χ2n) is 3.90. The van der Waals surface area contributed by atoms with Gasteiger partial charge in [-0.15, -0.1) is 0 Å². The van der Waals surface area contributed by atoms with Crippen LogP contribution in [0.1, 0.15) is 5.56 Å². The van der Waals surface area contributed by atoms with Crippen LogP contribution < -0.4 is 4.18 Å². The third kappa shape index (κ3) is 3.13. The van der Waals surface area contributed by atoms with Crippen molar-refractivity contribution >= 4 is 26.0 Å². The third-order valence-electron chi connectivity index (χ3n) is 2.43. The largest absolute Gasteiger partial charge is 0.378 e. The highest BCUT2D eigenvalue weighted by Crippen LogP contribution is 2.29. The van der Waals surface area contributed by atoms with E-state index < -0.39 is 15.9 Å². The van der Waals surface area contributed by atoms with Gasteiger partial charge in [-0.25, -0.2) is 4.39 Å². The van der Waals surface area contributed by atoms with E-state index in [4.69, 9.17) is 4.18 Å². The number of aryl methyl sites for hydroxylation is 1. The van der Waals surface area contributed by atoms with Crippen LogP contribution in [0.15, 0.2) is 51.8 Å². The summed E-state index contributed by atoms with van der Waals surface area (Å²) in [5.74, 6) is -0.669. The molecule has 0 N–H and O–H groups in total. The van der Waals surface area contributed by atoms with Crippen molar-refractivity contribution < 1.29 is 17.0 Å². The van der Waals surface area contributed by atoms with Gasteiger partial charge in [-0.1, -0.05) is 23.8 Å². The summed E-state index contributed by atoms with van der Waals surface area (Å²) in [4.78, 5) is 0.0225. The molecule has 2 aromatic carbocycles. The number of halogens is 2. The Hall–Kier alpha value is -1.40. The molecule has 6 heteroatoms. The standard InChI is InChI=1S/C13H10BrFO3S/c1-9-5-7-10(8-6-9)19(16,17)18-12-4-2-3-11(15)13(12)14/h2-8H,1H3. The second-order valence-corrected chi connectivity index (χ2v) is 6.24. The van der Waals surface area contributed by atoms with Crippen molar-refractivity contribution in [1.82, 2.24) is 0 Å². The molecule has 0 saturated carbocycles. The molecule has 0 amide bonds. The smallest absolute Gasteiger partial charge is 0.339 e. The Morgan fingerprint density at radius 1 is 1.11 bits per heavy atom. The Morgan fingerprint density at radius 2 is 1.74 bits per heavy atom. The van der Waals surface area contributed by atoms with Crippen LogP contribution in [0, 0.1) is 12.7 Å². The number of hydrogen-bond donors (Lipinski definition) is 0. The summed E-state index contributed by atoms with van der Waals surface area (Å²) in [7, 11) is -3.97. The molecule has 0 fully saturated rings. The molecule has 2 rings (SSSR count). The fraction of sp³-hybridized carbons (Fsp3) is 0.0769. The Balaban J connectivity index is 2.36. The molecule has 0 aliphatic heterocycles. The molecule has 0 spiro atoms. The van der Waals surface area contributed by atoms with E-state index in [0.29, 0.717) is 0 Å². The molecule has 100 valence electrons. The monoisotopic (exact) mass is 344 g/mol. The van der Waals surface area contributed by atoms with E-state index >= 15 is 0 Å². The van der Waals surface area contributed by atoms with Crippen molar-refractivity contribution in [3.05, 3.63) is 58.3 Å². The Bertz CT molecular complexity index is 696. The molecule has 0 saturated heterocycles. The van der Waals surface area contributed by atoms with Gasteiger partial charge in [0.1, 0.15) is 10.7 Å². The summed E-state index contributed by atoms with van der Waals surface area (Å²) in [6.07, 6.45) is 0. The molecule has 2 aromatic rings. The molecule has 0 bridgehead atoms. The van der Waals surface area contributed by atoms with Gasteiger partial charge in [0.25, 0.3) is 0 Å². The van der Waals surface area contributed by atoms with Gasteiger partial charge in [0.2, 0.25) is 0 Å². The maximum atomic E-state index is 13.3. The number of hydrogen-bond acceptors (Lipinski definition) is 3. The average molecular weight is 345 g/mol. The number of benzene rings is 2. The summed E-state index contributed by atoms with van der Waals surface area (Å²) in [5.41, 5.74) is 0.936. The van der Waals surface area contributed by atoms with Gasteiger partial charge < -0.3 is 4.18 Å². The normalized spacial score (nSPS) is 11.3. The van der Waals surface area contributed by atoms with E-state index in [0.717, 1.165) is 5.56 Å². The van der Waals surface area contributed by atoms with Crippen LogP contribution in [0.25, 0.3) is 0 Å². The summed E-state index contributed by atoms with van der Waals surface area (Å²) in [5, 5.41) is 0. The molecular formula is C13H10BrFO3S. The molecule has 0 aliphatic carbocycles. The van der Waals surface area contributed by atoms with Gasteiger partial charge in [-0.3, -0.25) is 0 Å². The van der Waals surface area contributed by atoms with Crippen LogP contribution in [0.5, 0.6) is 5.75 Å². The molecular weight excluding hydrogens is 335 g/mol. The van der Waals surface area contributed by atoms with E-state index in [2.05, 4.69) is 15.9 Å². The van der Waals surface area contributed by atoms with Crippen LogP contribution >= 0.6 is 15.9 Å². The maximum Gasteiger partial charge on any atom is 0.339 e. The minimum Gasteiger partial charge on any atom is -0.378 e. The first-order chi connectivity index (χ1) is 8.90. The zero-order chi connectivity index (χ0) is 14.0. The summed E-state index contributed by atoms with van der Waals surface area (Å²) >= 11 is 2.95. The van der Waals surface area contributed by atoms with Gasteiger partial charge in [0.15, 0.2) is 5.75 Å². The molecule has 0 heterocycles. The molecule has 0 unspecified atom stereocenters. The van der Waals surface area contributed by atoms with Crippen molar-refractivity contribution in [1.29, 1.82) is 0 Å². The zero-order valence-corrected chi connectivity index (χ0v) is 12.3. The first-order valence-corrected chi connectivity index (χ1v) is 7.55. The molecule has 0 atom stereocenters. The fourth-order valence-corrected chi connectivity index (χ4v) is 2.81. The molecule has 0 radical (unpaired) electrons. The van der Waals surface area contributed by atoms with Gasteiger partial charge >= 0.3 is 10.1 Å². The lowest BCUT2D eigenvalue weighted by Crippen LogP contribution is -2.10. The van der Waals surface area contributed by atoms with Crippen LogP contribution in [0.4, 0.5) is 4.39 Å². The molecule has 19 heavy (non-hydrogen) atoms. The third-order valence-corrected chi connectivity index (χ3v) is 4.44. The zero-order valence-electron chi connectivity index (χ0n) is 9.93. The highest BCUT2D eigenvalue weighted by Gasteiger charge is 2.18. The minimum atomic E-state index is -3.97. The highest BCUT2D eigenvalue weighted by atomic mass is 79.9. The second kappa shape index (κ2) is 5.30. The van der Waals surface area contributed by atoms with Crippen molar-refractivity contribution in [3.63, 3.8) is 0 Å². The molecule has 0 aliphatic rings. The van der Waals surface area contributed by atoms with E-state index in [9.17, 15) is 12.8 Å². The lowest BCUT2D eigenvalue weighted by molar-refractivity contribution is 0.481. The first-order valence-electron chi connectivity index (χ1n) is 5.35.